The number of sulfonamides is 1. The SMILES string of the molecule is CSC(CO)C(C)NS(=O)(=O)c1cn(C)cn1. The second-order valence-corrected chi connectivity index (χ2v) is 6.48. The van der Waals surface area contributed by atoms with Gasteiger partial charge in [0.1, 0.15) is 0 Å². The predicted molar refractivity (Wildman–Crippen MR) is 67.4 cm³/mol. The summed E-state index contributed by atoms with van der Waals surface area (Å²) in [7, 11) is -1.91. The first-order valence-corrected chi connectivity index (χ1v) is 7.81. The topological polar surface area (TPSA) is 84.2 Å². The molecule has 1 heterocycles. The number of nitrogens with zero attached hydrogens (tertiary/aromatic N) is 2. The lowest BCUT2D eigenvalue weighted by atomic mass is 10.3. The summed E-state index contributed by atoms with van der Waals surface area (Å²) in [5, 5.41) is 8.91. The molecule has 0 aromatic carbocycles. The largest absolute Gasteiger partial charge is 0.395 e. The molecule has 17 heavy (non-hydrogen) atoms. The maximum Gasteiger partial charge on any atom is 0.259 e. The number of hydrogen-bond donors (Lipinski definition) is 2. The summed E-state index contributed by atoms with van der Waals surface area (Å²) >= 11 is 1.42. The lowest BCUT2D eigenvalue weighted by Crippen LogP contribution is -2.41. The van der Waals surface area contributed by atoms with Crippen molar-refractivity contribution in [1.82, 2.24) is 14.3 Å². The second kappa shape index (κ2) is 5.85. The zero-order valence-corrected chi connectivity index (χ0v) is 11.6. The average Bonchev–Trinajstić information content (AvgIpc) is 2.66. The van der Waals surface area contributed by atoms with E-state index in [0.717, 1.165) is 0 Å². The van der Waals surface area contributed by atoms with E-state index in [4.69, 9.17) is 5.11 Å². The molecule has 0 amide bonds. The van der Waals surface area contributed by atoms with Crippen LogP contribution in [0, 0.1) is 0 Å². The Kier molecular flexibility index (Phi) is 4.99. The van der Waals surface area contributed by atoms with E-state index in [1.807, 2.05) is 6.26 Å². The number of aromatic nitrogens is 2. The first-order valence-electron chi connectivity index (χ1n) is 5.04. The van der Waals surface area contributed by atoms with Gasteiger partial charge in [-0.3, -0.25) is 0 Å². The van der Waals surface area contributed by atoms with Gasteiger partial charge in [-0.2, -0.15) is 11.8 Å². The Hall–Kier alpha value is -0.570. The molecule has 6 nitrogen and oxygen atoms in total. The molecule has 0 bridgehead atoms. The molecule has 0 aliphatic carbocycles. The molecule has 8 heteroatoms. The van der Waals surface area contributed by atoms with E-state index < -0.39 is 10.0 Å². The molecule has 0 aliphatic rings. The molecular weight excluding hydrogens is 262 g/mol. The molecule has 0 aliphatic heterocycles. The van der Waals surface area contributed by atoms with E-state index >= 15 is 0 Å². The Balaban J connectivity index is 2.80. The van der Waals surface area contributed by atoms with Crippen molar-refractivity contribution in [2.45, 2.75) is 23.2 Å². The van der Waals surface area contributed by atoms with Gasteiger partial charge in [0, 0.05) is 24.5 Å². The van der Waals surface area contributed by atoms with E-state index in [1.54, 1.807) is 18.5 Å². The summed E-state index contributed by atoms with van der Waals surface area (Å²) in [4.78, 5) is 3.79. The van der Waals surface area contributed by atoms with Crippen molar-refractivity contribution in [3.8, 4) is 0 Å². The predicted octanol–water partition coefficient (Wildman–Crippen LogP) is -0.189. The van der Waals surface area contributed by atoms with Crippen LogP contribution in [0.3, 0.4) is 0 Å². The van der Waals surface area contributed by atoms with Crippen LogP contribution in [0.4, 0.5) is 0 Å². The third kappa shape index (κ3) is 3.70. The van der Waals surface area contributed by atoms with Crippen molar-refractivity contribution >= 4 is 21.8 Å². The number of aliphatic hydroxyl groups excluding tert-OH is 1. The van der Waals surface area contributed by atoms with Gasteiger partial charge in [0.25, 0.3) is 10.0 Å². The molecule has 1 aromatic heterocycles. The monoisotopic (exact) mass is 279 g/mol. The van der Waals surface area contributed by atoms with Crippen molar-refractivity contribution in [2.75, 3.05) is 12.9 Å². The van der Waals surface area contributed by atoms with Crippen LogP contribution < -0.4 is 4.72 Å². The van der Waals surface area contributed by atoms with E-state index in [1.165, 1.54) is 24.3 Å². The van der Waals surface area contributed by atoms with Crippen LogP contribution in [0.5, 0.6) is 0 Å². The normalized spacial score (nSPS) is 15.8. The summed E-state index contributed by atoms with van der Waals surface area (Å²) in [5.74, 6) is 0. The van der Waals surface area contributed by atoms with Gasteiger partial charge in [-0.15, -0.1) is 0 Å². The molecule has 1 aromatic rings. The van der Waals surface area contributed by atoms with Crippen LogP contribution in [0.15, 0.2) is 17.6 Å². The minimum absolute atomic E-state index is 0.00959. The van der Waals surface area contributed by atoms with Gasteiger partial charge in [0.05, 0.1) is 12.9 Å². The van der Waals surface area contributed by atoms with Crippen LogP contribution in [-0.2, 0) is 17.1 Å². The molecule has 0 saturated carbocycles. The summed E-state index contributed by atoms with van der Waals surface area (Å²) in [6.07, 6.45) is 4.69. The number of thioether (sulfide) groups is 1. The number of aryl methyl sites for hydroxylation is 1. The van der Waals surface area contributed by atoms with Gasteiger partial charge in [-0.05, 0) is 13.2 Å². The van der Waals surface area contributed by atoms with Crippen LogP contribution in [0.1, 0.15) is 6.92 Å². The fraction of sp³-hybridized carbons (Fsp3) is 0.667. The van der Waals surface area contributed by atoms with Crippen LogP contribution >= 0.6 is 11.8 Å². The Bertz CT molecular complexity index is 454. The number of nitrogens with one attached hydrogen (secondary N) is 1. The van der Waals surface area contributed by atoms with Gasteiger partial charge in [-0.25, -0.2) is 18.1 Å². The van der Waals surface area contributed by atoms with Crippen LogP contribution in [-0.4, -0.2) is 47.2 Å². The average molecular weight is 279 g/mol. The molecular formula is C9H17N3O3S2. The molecule has 2 unspecified atom stereocenters. The maximum absolute atomic E-state index is 11.9. The fourth-order valence-electron chi connectivity index (χ4n) is 1.35. The zero-order chi connectivity index (χ0) is 13.1. The van der Waals surface area contributed by atoms with Gasteiger partial charge in [-0.1, -0.05) is 0 Å². The highest BCUT2D eigenvalue weighted by Gasteiger charge is 2.24. The summed E-state index contributed by atoms with van der Waals surface area (Å²) in [5.41, 5.74) is 0. The lowest BCUT2D eigenvalue weighted by Gasteiger charge is -2.20. The minimum Gasteiger partial charge on any atom is -0.395 e. The minimum atomic E-state index is -3.61. The highest BCUT2D eigenvalue weighted by molar-refractivity contribution is 7.99. The van der Waals surface area contributed by atoms with Gasteiger partial charge in [0.15, 0.2) is 5.03 Å². The second-order valence-electron chi connectivity index (χ2n) is 3.74. The zero-order valence-electron chi connectivity index (χ0n) is 9.99. The molecule has 1 rings (SSSR count). The first-order chi connectivity index (χ1) is 7.90. The Morgan fingerprint density at radius 1 is 1.65 bits per heavy atom. The van der Waals surface area contributed by atoms with E-state index in [2.05, 4.69) is 9.71 Å². The first kappa shape index (κ1) is 14.5. The highest BCUT2D eigenvalue weighted by Crippen LogP contribution is 2.13. The van der Waals surface area contributed by atoms with E-state index in [-0.39, 0.29) is 22.9 Å². The Morgan fingerprint density at radius 2 is 2.29 bits per heavy atom. The quantitative estimate of drug-likeness (QED) is 0.754. The fourth-order valence-corrected chi connectivity index (χ4v) is 3.32. The van der Waals surface area contributed by atoms with E-state index in [0.29, 0.717) is 0 Å². The van der Waals surface area contributed by atoms with Crippen molar-refractivity contribution in [1.29, 1.82) is 0 Å². The lowest BCUT2D eigenvalue weighted by molar-refractivity contribution is 0.282. The summed E-state index contributed by atoms with van der Waals surface area (Å²) in [6, 6.07) is -0.359. The van der Waals surface area contributed by atoms with Crippen molar-refractivity contribution in [3.63, 3.8) is 0 Å². The molecule has 2 atom stereocenters. The number of hydrogen-bond acceptors (Lipinski definition) is 5. The molecule has 0 radical (unpaired) electrons. The summed E-state index contributed by atoms with van der Waals surface area (Å²) in [6.45, 7) is 1.64. The molecule has 98 valence electrons. The number of rotatable bonds is 6. The summed E-state index contributed by atoms with van der Waals surface area (Å²) < 4.78 is 27.9. The molecule has 0 saturated heterocycles. The van der Waals surface area contributed by atoms with E-state index in [9.17, 15) is 8.42 Å². The number of imidazole rings is 1. The third-order valence-corrected chi connectivity index (χ3v) is 4.94. The Morgan fingerprint density at radius 3 is 2.71 bits per heavy atom. The van der Waals surface area contributed by atoms with Crippen LogP contribution in [0.25, 0.3) is 0 Å². The van der Waals surface area contributed by atoms with Crippen molar-refractivity contribution in [2.24, 2.45) is 7.05 Å². The standard InChI is InChI=1S/C9H17N3O3S2/c1-7(8(5-13)16-3)11-17(14,15)9-4-12(2)6-10-9/h4,6-8,11,13H,5H2,1-3H3. The molecule has 0 spiro atoms. The highest BCUT2D eigenvalue weighted by atomic mass is 32.2. The van der Waals surface area contributed by atoms with Gasteiger partial charge in [0.2, 0.25) is 0 Å². The molecule has 0 fully saturated rings. The van der Waals surface area contributed by atoms with Crippen molar-refractivity contribution < 1.29 is 13.5 Å². The van der Waals surface area contributed by atoms with Gasteiger partial charge < -0.3 is 9.67 Å². The number of aliphatic hydroxyl groups is 1. The third-order valence-electron chi connectivity index (χ3n) is 2.34. The maximum atomic E-state index is 11.9. The van der Waals surface area contributed by atoms with Gasteiger partial charge >= 0.3 is 0 Å². The van der Waals surface area contributed by atoms with Crippen LogP contribution in [0.2, 0.25) is 0 Å². The van der Waals surface area contributed by atoms with Crippen molar-refractivity contribution in [3.05, 3.63) is 12.5 Å². The smallest absolute Gasteiger partial charge is 0.259 e. The Labute approximate surface area is 105 Å². The molecule has 2 N–H and O–H groups in total.